The van der Waals surface area contributed by atoms with E-state index in [2.05, 4.69) is 11.9 Å². The SMILES string of the molecule is CCOC(=O)C=C[C@@H]1C2CCC(C[C@@H]1OC(=O)c1ccccc1)N2C. The second-order valence-corrected chi connectivity index (χ2v) is 6.70. The van der Waals surface area contributed by atoms with Gasteiger partial charge in [0, 0.05) is 30.5 Å². The highest BCUT2D eigenvalue weighted by Gasteiger charge is 2.46. The lowest BCUT2D eigenvalue weighted by atomic mass is 9.87. The third kappa shape index (κ3) is 3.93. The van der Waals surface area contributed by atoms with E-state index in [0.29, 0.717) is 18.2 Å². The molecule has 0 amide bonds. The first kappa shape index (κ1) is 17.7. The van der Waals surface area contributed by atoms with Crippen LogP contribution in [-0.4, -0.2) is 48.7 Å². The van der Waals surface area contributed by atoms with Crippen molar-refractivity contribution in [3.8, 4) is 0 Å². The number of carbonyl (C=O) groups is 2. The van der Waals surface area contributed by atoms with Crippen molar-refractivity contribution in [2.75, 3.05) is 13.7 Å². The average Bonchev–Trinajstić information content (AvgIpc) is 2.86. The quantitative estimate of drug-likeness (QED) is 0.608. The van der Waals surface area contributed by atoms with Gasteiger partial charge in [-0.2, -0.15) is 0 Å². The molecule has 2 heterocycles. The molecule has 2 aliphatic heterocycles. The number of ether oxygens (including phenoxy) is 2. The molecule has 2 saturated heterocycles. The lowest BCUT2D eigenvalue weighted by molar-refractivity contribution is -0.137. The molecule has 0 N–H and O–H groups in total. The first-order valence-electron chi connectivity index (χ1n) is 8.93. The van der Waals surface area contributed by atoms with E-state index in [9.17, 15) is 9.59 Å². The number of rotatable bonds is 5. The van der Waals surface area contributed by atoms with Gasteiger partial charge in [-0.3, -0.25) is 4.90 Å². The number of piperidine rings is 1. The van der Waals surface area contributed by atoms with Gasteiger partial charge in [-0.25, -0.2) is 9.59 Å². The summed E-state index contributed by atoms with van der Waals surface area (Å²) < 4.78 is 10.8. The minimum Gasteiger partial charge on any atom is -0.463 e. The number of benzene rings is 1. The Morgan fingerprint density at radius 1 is 1.24 bits per heavy atom. The molecule has 2 fully saturated rings. The molecule has 4 atom stereocenters. The zero-order valence-corrected chi connectivity index (χ0v) is 14.8. The Hall–Kier alpha value is -2.14. The highest BCUT2D eigenvalue weighted by atomic mass is 16.5. The number of fused-ring (bicyclic) bond motifs is 2. The smallest absolute Gasteiger partial charge is 0.338 e. The van der Waals surface area contributed by atoms with E-state index < -0.39 is 0 Å². The van der Waals surface area contributed by atoms with Gasteiger partial charge in [0.15, 0.2) is 0 Å². The zero-order chi connectivity index (χ0) is 17.8. The molecule has 0 saturated carbocycles. The van der Waals surface area contributed by atoms with E-state index in [-0.39, 0.29) is 30.0 Å². The van der Waals surface area contributed by atoms with Gasteiger partial charge in [0.25, 0.3) is 0 Å². The van der Waals surface area contributed by atoms with Crippen molar-refractivity contribution in [2.24, 2.45) is 5.92 Å². The molecule has 2 unspecified atom stereocenters. The fourth-order valence-electron chi connectivity index (χ4n) is 4.00. The van der Waals surface area contributed by atoms with Crippen molar-refractivity contribution in [2.45, 2.75) is 44.4 Å². The Bertz CT molecular complexity index is 642. The van der Waals surface area contributed by atoms with Gasteiger partial charge in [0.05, 0.1) is 12.2 Å². The van der Waals surface area contributed by atoms with Crippen LogP contribution < -0.4 is 0 Å². The summed E-state index contributed by atoms with van der Waals surface area (Å²) in [6, 6.07) is 9.77. The molecule has 3 rings (SSSR count). The summed E-state index contributed by atoms with van der Waals surface area (Å²) in [4.78, 5) is 26.5. The van der Waals surface area contributed by atoms with Crippen molar-refractivity contribution >= 4 is 11.9 Å². The summed E-state index contributed by atoms with van der Waals surface area (Å²) in [7, 11) is 2.11. The standard InChI is InChI=1S/C20H25NO4/c1-3-24-19(22)12-10-16-17-11-9-15(21(17)2)13-18(16)25-20(23)14-7-5-4-6-8-14/h4-8,10,12,15-18H,3,9,11,13H2,1-2H3/t15?,16-,17?,18+/m1/s1. The number of esters is 2. The van der Waals surface area contributed by atoms with Crippen LogP contribution in [0.3, 0.4) is 0 Å². The fourth-order valence-corrected chi connectivity index (χ4v) is 4.00. The van der Waals surface area contributed by atoms with Crippen LogP contribution in [0.25, 0.3) is 0 Å². The molecule has 0 radical (unpaired) electrons. The normalized spacial score (nSPS) is 28.9. The highest BCUT2D eigenvalue weighted by Crippen LogP contribution is 2.40. The Balaban J connectivity index is 1.75. The largest absolute Gasteiger partial charge is 0.463 e. The van der Waals surface area contributed by atoms with Crippen LogP contribution in [-0.2, 0) is 14.3 Å². The number of carbonyl (C=O) groups excluding carboxylic acids is 2. The average molecular weight is 343 g/mol. The maximum Gasteiger partial charge on any atom is 0.338 e. The van der Waals surface area contributed by atoms with Crippen LogP contribution in [0.4, 0.5) is 0 Å². The Kier molecular flexibility index (Phi) is 5.53. The van der Waals surface area contributed by atoms with Gasteiger partial charge in [0.1, 0.15) is 6.10 Å². The molecular formula is C20H25NO4. The predicted molar refractivity (Wildman–Crippen MR) is 94.1 cm³/mol. The van der Waals surface area contributed by atoms with E-state index >= 15 is 0 Å². The maximum absolute atomic E-state index is 12.5. The summed E-state index contributed by atoms with van der Waals surface area (Å²) in [6.45, 7) is 2.14. The highest BCUT2D eigenvalue weighted by molar-refractivity contribution is 5.89. The summed E-state index contributed by atoms with van der Waals surface area (Å²) in [5, 5.41) is 0. The van der Waals surface area contributed by atoms with Crippen molar-refractivity contribution in [1.82, 2.24) is 4.90 Å². The monoisotopic (exact) mass is 343 g/mol. The lowest BCUT2D eigenvalue weighted by Gasteiger charge is -2.41. The molecule has 1 aromatic rings. The van der Waals surface area contributed by atoms with Gasteiger partial charge >= 0.3 is 11.9 Å². The number of hydrogen-bond acceptors (Lipinski definition) is 5. The molecule has 5 nitrogen and oxygen atoms in total. The lowest BCUT2D eigenvalue weighted by Crippen LogP contribution is -2.49. The third-order valence-electron chi connectivity index (χ3n) is 5.28. The van der Waals surface area contributed by atoms with E-state index in [1.54, 1.807) is 19.1 Å². The van der Waals surface area contributed by atoms with E-state index in [4.69, 9.17) is 9.47 Å². The molecule has 1 aromatic carbocycles. The summed E-state index contributed by atoms with van der Waals surface area (Å²) in [5.41, 5.74) is 0.557. The van der Waals surface area contributed by atoms with Crippen molar-refractivity contribution in [3.63, 3.8) is 0 Å². The molecule has 5 heteroatoms. The van der Waals surface area contributed by atoms with Gasteiger partial charge in [-0.05, 0) is 38.9 Å². The van der Waals surface area contributed by atoms with Gasteiger partial charge in [0.2, 0.25) is 0 Å². The zero-order valence-electron chi connectivity index (χ0n) is 14.8. The Morgan fingerprint density at radius 2 is 2.00 bits per heavy atom. The van der Waals surface area contributed by atoms with Crippen LogP contribution in [0.5, 0.6) is 0 Å². The molecule has 2 bridgehead atoms. The second-order valence-electron chi connectivity index (χ2n) is 6.70. The fraction of sp³-hybridized carbons (Fsp3) is 0.500. The maximum atomic E-state index is 12.5. The van der Waals surface area contributed by atoms with Gasteiger partial charge < -0.3 is 9.47 Å². The molecule has 0 aliphatic carbocycles. The summed E-state index contributed by atoms with van der Waals surface area (Å²) in [6.07, 6.45) is 6.08. The Labute approximate surface area is 148 Å². The summed E-state index contributed by atoms with van der Waals surface area (Å²) >= 11 is 0. The number of nitrogens with zero attached hydrogens (tertiary/aromatic N) is 1. The number of hydrogen-bond donors (Lipinski definition) is 0. The molecule has 25 heavy (non-hydrogen) atoms. The predicted octanol–water partition coefficient (Wildman–Crippen LogP) is 2.81. The molecule has 2 aliphatic rings. The minimum absolute atomic E-state index is 0.000758. The molecule has 0 spiro atoms. The van der Waals surface area contributed by atoms with Gasteiger partial charge in [-0.15, -0.1) is 0 Å². The molecule has 134 valence electrons. The van der Waals surface area contributed by atoms with E-state index in [0.717, 1.165) is 19.3 Å². The minimum atomic E-state index is -0.349. The van der Waals surface area contributed by atoms with Crippen LogP contribution in [0.1, 0.15) is 36.5 Å². The third-order valence-corrected chi connectivity index (χ3v) is 5.28. The molecule has 0 aromatic heterocycles. The van der Waals surface area contributed by atoms with Crippen LogP contribution in [0, 0.1) is 5.92 Å². The van der Waals surface area contributed by atoms with Crippen LogP contribution in [0.2, 0.25) is 0 Å². The first-order chi connectivity index (χ1) is 12.1. The van der Waals surface area contributed by atoms with Crippen molar-refractivity contribution in [1.29, 1.82) is 0 Å². The van der Waals surface area contributed by atoms with E-state index in [1.165, 1.54) is 6.08 Å². The first-order valence-corrected chi connectivity index (χ1v) is 8.93. The van der Waals surface area contributed by atoms with Crippen molar-refractivity contribution < 1.29 is 19.1 Å². The van der Waals surface area contributed by atoms with E-state index in [1.807, 2.05) is 24.3 Å². The Morgan fingerprint density at radius 3 is 2.72 bits per heavy atom. The summed E-state index contributed by atoms with van der Waals surface area (Å²) in [5.74, 6) is -0.650. The van der Waals surface area contributed by atoms with Crippen LogP contribution >= 0.6 is 0 Å². The van der Waals surface area contributed by atoms with Gasteiger partial charge in [-0.1, -0.05) is 24.3 Å². The van der Waals surface area contributed by atoms with Crippen LogP contribution in [0.15, 0.2) is 42.5 Å². The second kappa shape index (κ2) is 7.83. The topological polar surface area (TPSA) is 55.8 Å². The molecular weight excluding hydrogens is 318 g/mol. The van der Waals surface area contributed by atoms with Crippen molar-refractivity contribution in [3.05, 3.63) is 48.0 Å².